The fourth-order valence-corrected chi connectivity index (χ4v) is 2.77. The average molecular weight is 351 g/mol. The lowest BCUT2D eigenvalue weighted by atomic mass is 10.1. The van der Waals surface area contributed by atoms with Crippen LogP contribution in [0.1, 0.15) is 24.1 Å². The van der Waals surface area contributed by atoms with Crippen LogP contribution in [-0.2, 0) is 0 Å². The molecule has 0 aliphatic heterocycles. The standard InChI is InChI=1S/C19H21N5S/c1-14-4-8-17(9-5-14)22-19(25)23(3)15(2)16-6-10-18(11-7-16)24-13-20-12-21-24/h4-13,15H,1-3H3,(H,22,25)/t15-/m1/s1. The summed E-state index contributed by atoms with van der Waals surface area (Å²) in [6, 6.07) is 16.6. The highest BCUT2D eigenvalue weighted by Gasteiger charge is 2.15. The maximum Gasteiger partial charge on any atom is 0.173 e. The van der Waals surface area contributed by atoms with Gasteiger partial charge in [-0.15, -0.1) is 0 Å². The topological polar surface area (TPSA) is 46.0 Å². The number of nitrogens with one attached hydrogen (secondary N) is 1. The molecular formula is C19H21N5S. The number of aryl methyl sites for hydroxylation is 1. The summed E-state index contributed by atoms with van der Waals surface area (Å²) in [6.07, 6.45) is 3.21. The van der Waals surface area contributed by atoms with Crippen LogP contribution in [0, 0.1) is 6.92 Å². The number of hydrogen-bond donors (Lipinski definition) is 1. The van der Waals surface area contributed by atoms with Gasteiger partial charge in [-0.05, 0) is 55.9 Å². The summed E-state index contributed by atoms with van der Waals surface area (Å²) in [5.41, 5.74) is 4.39. The molecule has 128 valence electrons. The van der Waals surface area contributed by atoms with E-state index in [2.05, 4.69) is 58.4 Å². The van der Waals surface area contributed by atoms with E-state index in [0.717, 1.165) is 11.4 Å². The first-order valence-corrected chi connectivity index (χ1v) is 8.51. The molecule has 0 unspecified atom stereocenters. The van der Waals surface area contributed by atoms with Gasteiger partial charge in [0, 0.05) is 12.7 Å². The van der Waals surface area contributed by atoms with Crippen molar-refractivity contribution < 1.29 is 0 Å². The molecule has 6 heteroatoms. The van der Waals surface area contributed by atoms with Crippen LogP contribution in [0.4, 0.5) is 5.69 Å². The Balaban J connectivity index is 1.67. The summed E-state index contributed by atoms with van der Waals surface area (Å²) >= 11 is 5.55. The molecule has 0 amide bonds. The highest BCUT2D eigenvalue weighted by atomic mass is 32.1. The Kier molecular flexibility index (Phi) is 5.09. The van der Waals surface area contributed by atoms with Crippen molar-refractivity contribution in [2.75, 3.05) is 12.4 Å². The van der Waals surface area contributed by atoms with Crippen molar-refractivity contribution in [2.45, 2.75) is 19.9 Å². The fourth-order valence-electron chi connectivity index (χ4n) is 2.50. The van der Waals surface area contributed by atoms with E-state index in [1.165, 1.54) is 17.5 Å². The van der Waals surface area contributed by atoms with E-state index in [4.69, 9.17) is 12.2 Å². The molecule has 0 radical (unpaired) electrons. The average Bonchev–Trinajstić information content (AvgIpc) is 3.17. The van der Waals surface area contributed by atoms with Crippen LogP contribution in [-0.4, -0.2) is 31.8 Å². The van der Waals surface area contributed by atoms with Crippen molar-refractivity contribution in [1.82, 2.24) is 19.7 Å². The number of aromatic nitrogens is 3. The van der Waals surface area contributed by atoms with E-state index in [0.29, 0.717) is 5.11 Å². The predicted octanol–water partition coefficient (Wildman–Crippen LogP) is 3.97. The molecule has 0 spiro atoms. The third-order valence-electron chi connectivity index (χ3n) is 4.26. The molecule has 3 aromatic rings. The summed E-state index contributed by atoms with van der Waals surface area (Å²) in [5.74, 6) is 0. The second kappa shape index (κ2) is 7.44. The minimum absolute atomic E-state index is 0.148. The molecule has 0 bridgehead atoms. The van der Waals surface area contributed by atoms with Gasteiger partial charge in [0.2, 0.25) is 0 Å². The van der Waals surface area contributed by atoms with E-state index >= 15 is 0 Å². The first-order valence-electron chi connectivity index (χ1n) is 8.10. The van der Waals surface area contributed by atoms with Crippen molar-refractivity contribution in [2.24, 2.45) is 0 Å². The Morgan fingerprint density at radius 3 is 2.40 bits per heavy atom. The Bertz CT molecular complexity index is 825. The van der Waals surface area contributed by atoms with Gasteiger partial charge in [-0.25, -0.2) is 9.67 Å². The van der Waals surface area contributed by atoms with E-state index < -0.39 is 0 Å². The number of rotatable bonds is 4. The van der Waals surface area contributed by atoms with Crippen LogP contribution in [0.15, 0.2) is 61.2 Å². The van der Waals surface area contributed by atoms with Crippen LogP contribution in [0.5, 0.6) is 0 Å². The Labute approximate surface area is 153 Å². The molecule has 3 rings (SSSR count). The maximum atomic E-state index is 5.55. The van der Waals surface area contributed by atoms with Crippen LogP contribution >= 0.6 is 12.2 Å². The SMILES string of the molecule is Cc1ccc(NC(=S)N(C)[C@H](C)c2ccc(-n3cncn3)cc2)cc1. The molecule has 0 saturated carbocycles. The fraction of sp³-hybridized carbons (Fsp3) is 0.211. The Hall–Kier alpha value is -2.73. The first kappa shape index (κ1) is 17.1. The van der Waals surface area contributed by atoms with Crippen molar-refractivity contribution in [1.29, 1.82) is 0 Å². The summed E-state index contributed by atoms with van der Waals surface area (Å²) in [4.78, 5) is 6.03. The quantitative estimate of drug-likeness (QED) is 0.721. The minimum atomic E-state index is 0.148. The molecule has 1 N–H and O–H groups in total. The highest BCUT2D eigenvalue weighted by Crippen LogP contribution is 2.21. The zero-order valence-electron chi connectivity index (χ0n) is 14.5. The Morgan fingerprint density at radius 2 is 1.80 bits per heavy atom. The second-order valence-electron chi connectivity index (χ2n) is 6.01. The molecule has 25 heavy (non-hydrogen) atoms. The van der Waals surface area contributed by atoms with Gasteiger partial charge < -0.3 is 10.2 Å². The van der Waals surface area contributed by atoms with Crippen molar-refractivity contribution in [3.63, 3.8) is 0 Å². The molecule has 0 aliphatic rings. The molecular weight excluding hydrogens is 330 g/mol. The third-order valence-corrected chi connectivity index (χ3v) is 4.65. The van der Waals surface area contributed by atoms with Gasteiger partial charge in [-0.3, -0.25) is 0 Å². The number of hydrogen-bond acceptors (Lipinski definition) is 3. The predicted molar refractivity (Wildman–Crippen MR) is 105 cm³/mol. The van der Waals surface area contributed by atoms with Gasteiger partial charge in [0.05, 0.1) is 11.7 Å². The van der Waals surface area contributed by atoms with Crippen LogP contribution in [0.25, 0.3) is 5.69 Å². The van der Waals surface area contributed by atoms with Crippen LogP contribution in [0.3, 0.4) is 0 Å². The monoisotopic (exact) mass is 351 g/mol. The van der Waals surface area contributed by atoms with Gasteiger partial charge in [0.15, 0.2) is 5.11 Å². The Morgan fingerprint density at radius 1 is 1.12 bits per heavy atom. The summed E-state index contributed by atoms with van der Waals surface area (Å²) in [7, 11) is 2.00. The molecule has 2 aromatic carbocycles. The molecule has 0 fully saturated rings. The van der Waals surface area contributed by atoms with Crippen LogP contribution in [0.2, 0.25) is 0 Å². The van der Waals surface area contributed by atoms with Gasteiger partial charge >= 0.3 is 0 Å². The second-order valence-corrected chi connectivity index (χ2v) is 6.40. The number of benzene rings is 2. The normalized spacial score (nSPS) is 11.8. The number of anilines is 1. The van der Waals surface area contributed by atoms with Gasteiger partial charge in [0.1, 0.15) is 12.7 Å². The molecule has 1 heterocycles. The van der Waals surface area contributed by atoms with E-state index in [9.17, 15) is 0 Å². The van der Waals surface area contributed by atoms with E-state index in [1.54, 1.807) is 11.0 Å². The molecule has 1 aromatic heterocycles. The van der Waals surface area contributed by atoms with Crippen molar-refractivity contribution >= 4 is 23.0 Å². The van der Waals surface area contributed by atoms with Crippen molar-refractivity contribution in [3.8, 4) is 5.69 Å². The summed E-state index contributed by atoms with van der Waals surface area (Å²) < 4.78 is 1.74. The zero-order chi connectivity index (χ0) is 17.8. The largest absolute Gasteiger partial charge is 0.345 e. The smallest absolute Gasteiger partial charge is 0.173 e. The van der Waals surface area contributed by atoms with Gasteiger partial charge in [-0.1, -0.05) is 29.8 Å². The lowest BCUT2D eigenvalue weighted by Gasteiger charge is -2.28. The maximum absolute atomic E-state index is 5.55. The molecule has 0 aliphatic carbocycles. The number of thiocarbonyl (C=S) groups is 1. The zero-order valence-corrected chi connectivity index (χ0v) is 15.4. The van der Waals surface area contributed by atoms with Crippen molar-refractivity contribution in [3.05, 3.63) is 72.3 Å². The molecule has 0 saturated heterocycles. The lowest BCUT2D eigenvalue weighted by molar-refractivity contribution is 0.408. The minimum Gasteiger partial charge on any atom is -0.345 e. The third kappa shape index (κ3) is 4.03. The van der Waals surface area contributed by atoms with Gasteiger partial charge in [0.25, 0.3) is 0 Å². The highest BCUT2D eigenvalue weighted by molar-refractivity contribution is 7.80. The van der Waals surface area contributed by atoms with Gasteiger partial charge in [-0.2, -0.15) is 5.10 Å². The lowest BCUT2D eigenvalue weighted by Crippen LogP contribution is -2.33. The molecule has 5 nitrogen and oxygen atoms in total. The summed E-state index contributed by atoms with van der Waals surface area (Å²) in [5, 5.41) is 8.12. The van der Waals surface area contributed by atoms with Crippen LogP contribution < -0.4 is 5.32 Å². The van der Waals surface area contributed by atoms with E-state index in [-0.39, 0.29) is 6.04 Å². The van der Waals surface area contributed by atoms with E-state index in [1.807, 2.05) is 31.3 Å². The summed E-state index contributed by atoms with van der Waals surface area (Å²) in [6.45, 7) is 4.20. The first-order chi connectivity index (χ1) is 12.0. The number of nitrogens with zero attached hydrogens (tertiary/aromatic N) is 4. The molecule has 1 atom stereocenters.